The summed E-state index contributed by atoms with van der Waals surface area (Å²) in [5, 5.41) is 6.60. The molecule has 1 aromatic heterocycles. The van der Waals surface area contributed by atoms with Gasteiger partial charge in [-0.15, -0.1) is 0 Å². The minimum atomic E-state index is 0. The highest BCUT2D eigenvalue weighted by atomic mass is 79.9. The molecular formula is C29H44BrN4O2+. The van der Waals surface area contributed by atoms with Gasteiger partial charge in [-0.05, 0) is 91.2 Å². The molecule has 0 radical (unpaired) electrons. The first-order valence-corrected chi connectivity index (χ1v) is 13.9. The summed E-state index contributed by atoms with van der Waals surface area (Å²) in [7, 11) is 1.72. The lowest BCUT2D eigenvalue weighted by Gasteiger charge is -2.30. The number of pyridine rings is 1. The molecule has 2 aliphatic heterocycles. The van der Waals surface area contributed by atoms with Crippen LogP contribution in [0.3, 0.4) is 0 Å². The molecule has 2 aromatic rings. The topological polar surface area (TPSA) is 57.5 Å². The Morgan fingerprint density at radius 2 is 1.67 bits per heavy atom. The Hall–Kier alpha value is -1.96. The summed E-state index contributed by atoms with van der Waals surface area (Å²) >= 11 is 3.57. The highest BCUT2D eigenvalue weighted by Gasteiger charge is 2.23. The number of aryl methyl sites for hydroxylation is 4. The zero-order valence-corrected chi connectivity index (χ0v) is 22.8. The average molecular weight is 561 g/mol. The Bertz CT molecular complexity index is 1000. The molecule has 0 saturated carbocycles. The second-order valence-electron chi connectivity index (χ2n) is 9.94. The maximum Gasteiger partial charge on any atom is 0.237 e. The monoisotopic (exact) mass is 559 g/mol. The first-order chi connectivity index (χ1) is 17.0. The smallest absolute Gasteiger partial charge is 0.237 e. The highest BCUT2D eigenvalue weighted by molar-refractivity contribution is 9.10. The number of piperazine rings is 1. The molecule has 1 aliphatic carbocycles. The maximum absolute atomic E-state index is 11.9. The minimum absolute atomic E-state index is 0. The van der Waals surface area contributed by atoms with Crippen LogP contribution in [0.4, 0.5) is 0 Å². The molecule has 36 heavy (non-hydrogen) atoms. The van der Waals surface area contributed by atoms with E-state index in [1.54, 1.807) is 7.11 Å². The SMILES string of the molecule is C.CO[n+]1cc(Br)cc2c1CCc1ccc(C)cc1CC2.O=C(CC1CCNCC1)N1CCNCC1. The van der Waals surface area contributed by atoms with Gasteiger partial charge in [-0.3, -0.25) is 9.63 Å². The fourth-order valence-electron chi connectivity index (χ4n) is 5.40. The maximum atomic E-state index is 11.9. The summed E-state index contributed by atoms with van der Waals surface area (Å²) in [6.45, 7) is 8.03. The van der Waals surface area contributed by atoms with Crippen LogP contribution in [0.2, 0.25) is 0 Å². The second-order valence-corrected chi connectivity index (χ2v) is 10.9. The summed E-state index contributed by atoms with van der Waals surface area (Å²) in [6.07, 6.45) is 9.35. The quantitative estimate of drug-likeness (QED) is 0.565. The Morgan fingerprint density at radius 1 is 1.00 bits per heavy atom. The van der Waals surface area contributed by atoms with Crippen molar-refractivity contribution in [1.29, 1.82) is 0 Å². The third-order valence-corrected chi connectivity index (χ3v) is 7.87. The van der Waals surface area contributed by atoms with Crippen molar-refractivity contribution in [2.75, 3.05) is 46.4 Å². The van der Waals surface area contributed by atoms with Crippen molar-refractivity contribution in [1.82, 2.24) is 15.5 Å². The van der Waals surface area contributed by atoms with Gasteiger partial charge in [0.1, 0.15) is 7.11 Å². The van der Waals surface area contributed by atoms with Crippen molar-refractivity contribution in [3.63, 3.8) is 0 Å². The number of benzene rings is 1. The van der Waals surface area contributed by atoms with Gasteiger partial charge in [0.2, 0.25) is 17.8 Å². The molecule has 6 nitrogen and oxygen atoms in total. The summed E-state index contributed by atoms with van der Waals surface area (Å²) < 4.78 is 2.97. The number of halogens is 1. The number of nitrogens with zero attached hydrogens (tertiary/aromatic N) is 2. The fourth-order valence-corrected chi connectivity index (χ4v) is 5.86. The van der Waals surface area contributed by atoms with Crippen LogP contribution in [0.1, 0.15) is 54.6 Å². The van der Waals surface area contributed by atoms with E-state index in [2.05, 4.69) is 57.8 Å². The van der Waals surface area contributed by atoms with E-state index in [4.69, 9.17) is 4.84 Å². The molecule has 198 valence electrons. The van der Waals surface area contributed by atoms with E-state index >= 15 is 0 Å². The van der Waals surface area contributed by atoms with Crippen molar-refractivity contribution in [2.45, 2.75) is 59.3 Å². The third kappa shape index (κ3) is 7.77. The average Bonchev–Trinajstić information content (AvgIpc) is 2.87. The van der Waals surface area contributed by atoms with Gasteiger partial charge in [-0.25, -0.2) is 0 Å². The molecule has 2 saturated heterocycles. The number of rotatable bonds is 3. The van der Waals surface area contributed by atoms with E-state index in [9.17, 15) is 4.79 Å². The molecule has 1 amide bonds. The summed E-state index contributed by atoms with van der Waals surface area (Å²) in [5.41, 5.74) is 7.01. The summed E-state index contributed by atoms with van der Waals surface area (Å²) in [4.78, 5) is 19.4. The van der Waals surface area contributed by atoms with Gasteiger partial charge in [0.15, 0.2) is 0 Å². The van der Waals surface area contributed by atoms with Crippen molar-refractivity contribution in [2.24, 2.45) is 5.92 Å². The lowest BCUT2D eigenvalue weighted by Crippen LogP contribution is -2.47. The number of hydrogen-bond acceptors (Lipinski definition) is 4. The van der Waals surface area contributed by atoms with Crippen LogP contribution >= 0.6 is 15.9 Å². The Balaban J connectivity index is 0.000000203. The zero-order chi connectivity index (χ0) is 24.6. The standard InChI is InChI=1S/C17H19BrNO.C11H21N3O.CH4/c1-12-3-4-13-7-8-17-15(6-5-14(13)9-12)10-16(18)11-19(17)20-2;15-11(14-7-5-13-6-8-14)9-10-1-3-12-4-2-10;/h3-4,9-11H,5-8H2,1-2H3;10,12-13H,1-9H2;1H4/q+1;;. The molecule has 5 rings (SSSR count). The first kappa shape index (κ1) is 28.6. The molecule has 0 bridgehead atoms. The third-order valence-electron chi connectivity index (χ3n) is 7.43. The molecule has 2 N–H and O–H groups in total. The first-order valence-electron chi connectivity index (χ1n) is 13.1. The van der Waals surface area contributed by atoms with E-state index in [1.165, 1.54) is 27.9 Å². The number of carbonyl (C=O) groups excluding carboxylic acids is 1. The Morgan fingerprint density at radius 3 is 2.39 bits per heavy atom. The van der Waals surface area contributed by atoms with E-state index in [1.807, 2.05) is 15.8 Å². The van der Waals surface area contributed by atoms with Crippen LogP contribution in [0.25, 0.3) is 0 Å². The Kier molecular flexibility index (Phi) is 11.2. The van der Waals surface area contributed by atoms with E-state index in [0.29, 0.717) is 11.8 Å². The molecule has 0 unspecified atom stereocenters. The van der Waals surface area contributed by atoms with Gasteiger partial charge in [0.25, 0.3) is 0 Å². The van der Waals surface area contributed by atoms with E-state index < -0.39 is 0 Å². The van der Waals surface area contributed by atoms with Crippen LogP contribution in [-0.2, 0) is 30.5 Å². The molecule has 7 heteroatoms. The van der Waals surface area contributed by atoms with Crippen LogP contribution in [0.5, 0.6) is 0 Å². The van der Waals surface area contributed by atoms with Gasteiger partial charge in [-0.2, -0.15) is 0 Å². The second kappa shape index (κ2) is 14.1. The van der Waals surface area contributed by atoms with E-state index in [-0.39, 0.29) is 7.43 Å². The van der Waals surface area contributed by atoms with Crippen molar-refractivity contribution < 1.29 is 14.4 Å². The molecular weight excluding hydrogens is 516 g/mol. The van der Waals surface area contributed by atoms with Crippen molar-refractivity contribution in [3.05, 3.63) is 62.9 Å². The van der Waals surface area contributed by atoms with Crippen molar-refractivity contribution in [3.8, 4) is 0 Å². The minimum Gasteiger partial charge on any atom is -0.340 e. The number of aromatic nitrogens is 1. The normalized spacial score (nSPS) is 17.8. The molecule has 3 heterocycles. The Labute approximate surface area is 225 Å². The molecule has 0 atom stereocenters. The van der Waals surface area contributed by atoms with Crippen molar-refractivity contribution >= 4 is 21.8 Å². The van der Waals surface area contributed by atoms with E-state index in [0.717, 1.165) is 88.7 Å². The summed E-state index contributed by atoms with van der Waals surface area (Å²) in [6, 6.07) is 9.06. The van der Waals surface area contributed by atoms with Crippen LogP contribution in [0.15, 0.2) is 34.9 Å². The molecule has 2 fully saturated rings. The largest absolute Gasteiger partial charge is 0.340 e. The lowest BCUT2D eigenvalue weighted by atomic mass is 9.90. The van der Waals surface area contributed by atoms with Gasteiger partial charge < -0.3 is 15.5 Å². The predicted molar refractivity (Wildman–Crippen MR) is 149 cm³/mol. The lowest BCUT2D eigenvalue weighted by molar-refractivity contribution is -0.891. The van der Waals surface area contributed by atoms with Crippen LogP contribution in [0, 0.1) is 12.8 Å². The highest BCUT2D eigenvalue weighted by Crippen LogP contribution is 2.23. The molecule has 3 aliphatic rings. The number of amides is 1. The predicted octanol–water partition coefficient (Wildman–Crippen LogP) is 3.43. The van der Waals surface area contributed by atoms with Gasteiger partial charge in [-0.1, -0.05) is 31.2 Å². The zero-order valence-electron chi connectivity index (χ0n) is 21.2. The number of fused-ring (bicyclic) bond motifs is 2. The number of carbonyl (C=O) groups is 1. The van der Waals surface area contributed by atoms with Gasteiger partial charge in [0, 0.05) is 49.3 Å². The fraction of sp³-hybridized carbons (Fsp3) is 0.586. The van der Waals surface area contributed by atoms with Gasteiger partial charge >= 0.3 is 0 Å². The van der Waals surface area contributed by atoms with Crippen LogP contribution < -0.4 is 20.2 Å². The summed E-state index contributed by atoms with van der Waals surface area (Å²) in [5.74, 6) is 0.983. The van der Waals surface area contributed by atoms with Gasteiger partial charge in [0.05, 0.1) is 4.47 Å². The number of nitrogens with one attached hydrogen (secondary N) is 2. The number of hydrogen-bond donors (Lipinski definition) is 2. The molecule has 1 aromatic carbocycles. The number of piperidine rings is 1. The van der Waals surface area contributed by atoms with Crippen LogP contribution in [-0.4, -0.2) is 57.2 Å². The molecule has 0 spiro atoms.